The van der Waals surface area contributed by atoms with Crippen molar-refractivity contribution in [3.05, 3.63) is 35.6 Å². The van der Waals surface area contributed by atoms with Gasteiger partial charge in [0.1, 0.15) is 5.82 Å². The Kier molecular flexibility index (Phi) is 4.60. The largest absolute Gasteiger partial charge is 0.311 e. The van der Waals surface area contributed by atoms with Crippen LogP contribution in [0.2, 0.25) is 0 Å². The van der Waals surface area contributed by atoms with Crippen LogP contribution in [-0.4, -0.2) is 36.1 Å². The van der Waals surface area contributed by atoms with Crippen molar-refractivity contribution < 1.29 is 4.39 Å². The second kappa shape index (κ2) is 6.45. The molecule has 2 aliphatic rings. The third-order valence-electron chi connectivity index (χ3n) is 5.21. The lowest BCUT2D eigenvalue weighted by molar-refractivity contribution is 0.144. The van der Waals surface area contributed by atoms with E-state index in [1.165, 1.54) is 25.9 Å². The lowest BCUT2D eigenvalue weighted by Gasteiger charge is -2.42. The Morgan fingerprint density at radius 2 is 1.76 bits per heavy atom. The minimum atomic E-state index is -0.0359. The zero-order valence-electron chi connectivity index (χ0n) is 13.2. The van der Waals surface area contributed by atoms with E-state index in [2.05, 4.69) is 24.1 Å². The fourth-order valence-electron chi connectivity index (χ4n) is 3.73. The summed E-state index contributed by atoms with van der Waals surface area (Å²) in [5.74, 6) is 0.380. The molecule has 116 valence electrons. The van der Waals surface area contributed by atoms with Gasteiger partial charge in [-0.15, -0.1) is 0 Å². The molecule has 0 bridgehead atoms. The molecule has 1 aromatic rings. The number of hydrogen-bond acceptors (Lipinski definition) is 2. The first-order chi connectivity index (χ1) is 10.1. The molecule has 0 radical (unpaired) electrons. The maximum atomic E-state index is 13.7. The van der Waals surface area contributed by atoms with E-state index in [9.17, 15) is 4.39 Å². The molecule has 0 aromatic heterocycles. The van der Waals surface area contributed by atoms with Crippen molar-refractivity contribution >= 4 is 0 Å². The van der Waals surface area contributed by atoms with Crippen LogP contribution in [0.1, 0.15) is 51.0 Å². The smallest absolute Gasteiger partial charge is 0.126 e. The van der Waals surface area contributed by atoms with Crippen LogP contribution < -0.4 is 5.32 Å². The topological polar surface area (TPSA) is 15.3 Å². The van der Waals surface area contributed by atoms with Gasteiger partial charge in [0.25, 0.3) is 0 Å². The van der Waals surface area contributed by atoms with E-state index >= 15 is 0 Å². The van der Waals surface area contributed by atoms with Gasteiger partial charge >= 0.3 is 0 Å². The van der Waals surface area contributed by atoms with E-state index < -0.39 is 0 Å². The Hall–Kier alpha value is -0.930. The van der Waals surface area contributed by atoms with E-state index in [0.717, 1.165) is 18.4 Å². The molecular weight excluding hydrogens is 263 g/mol. The summed E-state index contributed by atoms with van der Waals surface area (Å²) in [5.41, 5.74) is 0.908. The van der Waals surface area contributed by atoms with Crippen molar-refractivity contribution in [2.24, 2.45) is 0 Å². The fourth-order valence-corrected chi connectivity index (χ4v) is 3.73. The van der Waals surface area contributed by atoms with Crippen LogP contribution in [0, 0.1) is 5.82 Å². The summed E-state index contributed by atoms with van der Waals surface area (Å²) in [4.78, 5) is 2.56. The molecule has 2 nitrogen and oxygen atoms in total. The van der Waals surface area contributed by atoms with Gasteiger partial charge in [-0.2, -0.15) is 0 Å². The van der Waals surface area contributed by atoms with E-state index in [4.69, 9.17) is 0 Å². The highest BCUT2D eigenvalue weighted by molar-refractivity contribution is 5.24. The Morgan fingerprint density at radius 1 is 1.10 bits per heavy atom. The quantitative estimate of drug-likeness (QED) is 0.912. The number of benzene rings is 1. The van der Waals surface area contributed by atoms with Gasteiger partial charge in [-0.25, -0.2) is 4.39 Å². The molecule has 0 spiro atoms. The van der Waals surface area contributed by atoms with Crippen LogP contribution in [0.25, 0.3) is 0 Å². The molecule has 0 unspecified atom stereocenters. The van der Waals surface area contributed by atoms with Crippen LogP contribution in [0.5, 0.6) is 0 Å². The second-order valence-electron chi connectivity index (χ2n) is 6.96. The first-order valence-corrected chi connectivity index (χ1v) is 8.38. The summed E-state index contributed by atoms with van der Waals surface area (Å²) < 4.78 is 13.7. The van der Waals surface area contributed by atoms with E-state index in [0.29, 0.717) is 24.0 Å². The summed E-state index contributed by atoms with van der Waals surface area (Å²) in [6.07, 6.45) is 4.68. The number of nitrogens with one attached hydrogen (secondary N) is 1. The van der Waals surface area contributed by atoms with Crippen LogP contribution in [0.15, 0.2) is 24.3 Å². The van der Waals surface area contributed by atoms with Crippen molar-refractivity contribution in [1.29, 1.82) is 0 Å². The lowest BCUT2D eigenvalue weighted by atomic mass is 9.75. The van der Waals surface area contributed by atoms with Crippen LogP contribution >= 0.6 is 0 Å². The van der Waals surface area contributed by atoms with Crippen LogP contribution in [0.4, 0.5) is 4.39 Å². The van der Waals surface area contributed by atoms with Crippen molar-refractivity contribution in [2.45, 2.75) is 63.6 Å². The summed E-state index contributed by atoms with van der Waals surface area (Å²) in [6.45, 7) is 6.97. The Labute approximate surface area is 127 Å². The molecular formula is C18H27FN2. The van der Waals surface area contributed by atoms with Gasteiger partial charge in [-0.3, -0.25) is 0 Å². The number of halogens is 1. The Balaban J connectivity index is 1.43. The fraction of sp³-hybridized carbons (Fsp3) is 0.667. The molecule has 1 saturated carbocycles. The zero-order chi connectivity index (χ0) is 14.8. The average Bonchev–Trinajstić information content (AvgIpc) is 2.44. The standard InChI is InChI=1S/C18H27FN2/c1-13(2)21-9-7-15(8-10-21)20-16-11-14(12-16)17-5-3-4-6-18(17)19/h3-6,13-16,20H,7-12H2,1-2H3. The number of hydrogen-bond donors (Lipinski definition) is 1. The molecule has 0 atom stereocenters. The highest BCUT2D eigenvalue weighted by Crippen LogP contribution is 2.38. The van der Waals surface area contributed by atoms with Crippen LogP contribution in [-0.2, 0) is 0 Å². The maximum Gasteiger partial charge on any atom is 0.126 e. The SMILES string of the molecule is CC(C)N1CCC(NC2CC(c3ccccc3F)C2)CC1. The van der Waals surface area contributed by atoms with Gasteiger partial charge < -0.3 is 10.2 Å². The van der Waals surface area contributed by atoms with E-state index in [1.807, 2.05) is 12.1 Å². The first-order valence-electron chi connectivity index (χ1n) is 8.38. The first kappa shape index (κ1) is 15.0. The summed E-state index contributed by atoms with van der Waals surface area (Å²) in [7, 11) is 0. The molecule has 1 aliphatic carbocycles. The van der Waals surface area contributed by atoms with Crippen molar-refractivity contribution in [3.8, 4) is 0 Å². The van der Waals surface area contributed by atoms with Gasteiger partial charge in [0.05, 0.1) is 0 Å². The molecule has 1 saturated heterocycles. The number of piperidine rings is 1. The number of nitrogens with zero attached hydrogens (tertiary/aromatic N) is 1. The molecule has 1 aromatic carbocycles. The summed E-state index contributed by atoms with van der Waals surface area (Å²) in [5, 5.41) is 3.78. The van der Waals surface area contributed by atoms with Crippen molar-refractivity contribution in [3.63, 3.8) is 0 Å². The lowest BCUT2D eigenvalue weighted by Crippen LogP contribution is -2.51. The third kappa shape index (κ3) is 3.46. The Bertz CT molecular complexity index is 460. The van der Waals surface area contributed by atoms with Crippen molar-refractivity contribution in [2.75, 3.05) is 13.1 Å². The van der Waals surface area contributed by atoms with Crippen molar-refractivity contribution in [1.82, 2.24) is 10.2 Å². The van der Waals surface area contributed by atoms with E-state index in [-0.39, 0.29) is 5.82 Å². The highest BCUT2D eigenvalue weighted by atomic mass is 19.1. The number of likely N-dealkylation sites (tertiary alicyclic amines) is 1. The van der Waals surface area contributed by atoms with Gasteiger partial charge in [-0.1, -0.05) is 18.2 Å². The minimum absolute atomic E-state index is 0.0359. The molecule has 3 heteroatoms. The molecule has 21 heavy (non-hydrogen) atoms. The van der Waals surface area contributed by atoms with Gasteiger partial charge in [0, 0.05) is 18.1 Å². The van der Waals surface area contributed by atoms with Gasteiger partial charge in [0.2, 0.25) is 0 Å². The predicted octanol–water partition coefficient (Wildman–Crippen LogP) is 3.53. The molecule has 1 N–H and O–H groups in total. The second-order valence-corrected chi connectivity index (χ2v) is 6.96. The molecule has 1 heterocycles. The molecule has 3 rings (SSSR count). The monoisotopic (exact) mass is 290 g/mol. The average molecular weight is 290 g/mol. The summed E-state index contributed by atoms with van der Waals surface area (Å²) >= 11 is 0. The summed E-state index contributed by atoms with van der Waals surface area (Å²) in [6, 6.07) is 9.16. The predicted molar refractivity (Wildman–Crippen MR) is 85.0 cm³/mol. The Morgan fingerprint density at radius 3 is 2.38 bits per heavy atom. The molecule has 0 amide bonds. The maximum absolute atomic E-state index is 13.7. The van der Waals surface area contributed by atoms with E-state index in [1.54, 1.807) is 12.1 Å². The van der Waals surface area contributed by atoms with Gasteiger partial charge in [-0.05, 0) is 70.2 Å². The van der Waals surface area contributed by atoms with Crippen LogP contribution in [0.3, 0.4) is 0 Å². The van der Waals surface area contributed by atoms with Gasteiger partial charge in [0.15, 0.2) is 0 Å². The normalized spacial score (nSPS) is 27.8. The molecule has 2 fully saturated rings. The molecule has 1 aliphatic heterocycles. The zero-order valence-corrected chi connectivity index (χ0v) is 13.2. The number of rotatable bonds is 4. The third-order valence-corrected chi connectivity index (χ3v) is 5.21. The minimum Gasteiger partial charge on any atom is -0.311 e. The highest BCUT2D eigenvalue weighted by Gasteiger charge is 2.33.